The molecule has 1 aliphatic rings. The van der Waals surface area contributed by atoms with Crippen LogP contribution in [0, 0.1) is 0 Å². The van der Waals surface area contributed by atoms with Gasteiger partial charge in [0, 0.05) is 29.1 Å². The van der Waals surface area contributed by atoms with Crippen molar-refractivity contribution in [2.75, 3.05) is 11.4 Å². The highest BCUT2D eigenvalue weighted by Gasteiger charge is 2.41. The normalized spacial score (nSPS) is 21.0. The molecule has 0 saturated heterocycles. The van der Waals surface area contributed by atoms with Crippen LogP contribution < -0.4 is 10.5 Å². The summed E-state index contributed by atoms with van der Waals surface area (Å²) in [5.74, 6) is -0.0700. The number of hydrogen-bond donors (Lipinski definition) is 1. The fourth-order valence-corrected chi connectivity index (χ4v) is 3.90. The number of fused-ring (bicyclic) bond motifs is 3. The van der Waals surface area contributed by atoms with E-state index in [2.05, 4.69) is 4.98 Å². The molecule has 0 fully saturated rings. The highest BCUT2D eigenvalue weighted by atomic mass is 35.5. The third kappa shape index (κ3) is 2.69. The lowest BCUT2D eigenvalue weighted by atomic mass is 9.90. The van der Waals surface area contributed by atoms with E-state index in [4.69, 9.17) is 11.6 Å². The monoisotopic (exact) mass is 344 g/mol. The molecular formula is C16H16ClF3N2O. The van der Waals surface area contributed by atoms with Crippen LogP contribution in [0.4, 0.5) is 18.9 Å². The maximum atomic E-state index is 12.9. The Morgan fingerprint density at radius 1 is 1.35 bits per heavy atom. The van der Waals surface area contributed by atoms with Crippen LogP contribution in [0.3, 0.4) is 0 Å². The SMILES string of the molecule is CCC1c2c(ccc3[nH]c(=O)cc(Cl)c23)N(CC(F)(F)F)C1C. The van der Waals surface area contributed by atoms with Crippen molar-refractivity contribution in [2.24, 2.45) is 0 Å². The Labute approximate surface area is 136 Å². The first-order chi connectivity index (χ1) is 10.7. The van der Waals surface area contributed by atoms with Gasteiger partial charge in [-0.1, -0.05) is 18.5 Å². The van der Waals surface area contributed by atoms with Crippen LogP contribution >= 0.6 is 11.6 Å². The molecule has 0 spiro atoms. The van der Waals surface area contributed by atoms with Crippen LogP contribution in [-0.4, -0.2) is 23.7 Å². The number of aromatic amines is 1. The molecule has 0 bridgehead atoms. The lowest BCUT2D eigenvalue weighted by Gasteiger charge is -2.28. The standard InChI is InChI=1S/C16H16ClF3N2O/c1-3-9-8(2)22(7-16(18,19)20)12-5-4-11-15(14(9)12)10(17)6-13(23)21-11/h4-6,8-9H,3,7H2,1-2H3,(H,21,23). The van der Waals surface area contributed by atoms with Crippen LogP contribution in [-0.2, 0) is 0 Å². The first-order valence-corrected chi connectivity index (χ1v) is 7.79. The van der Waals surface area contributed by atoms with E-state index in [1.54, 1.807) is 19.1 Å². The van der Waals surface area contributed by atoms with E-state index in [9.17, 15) is 18.0 Å². The average Bonchev–Trinajstić information content (AvgIpc) is 2.68. The summed E-state index contributed by atoms with van der Waals surface area (Å²) in [7, 11) is 0. The molecule has 2 aromatic rings. The molecule has 0 aliphatic carbocycles. The minimum atomic E-state index is -4.28. The van der Waals surface area contributed by atoms with Crippen LogP contribution in [0.25, 0.3) is 10.9 Å². The summed E-state index contributed by atoms with van der Waals surface area (Å²) >= 11 is 6.24. The predicted octanol–water partition coefficient (Wildman–Crippen LogP) is 4.45. The highest BCUT2D eigenvalue weighted by Crippen LogP contribution is 2.48. The second-order valence-corrected chi connectivity index (χ2v) is 6.31. The smallest absolute Gasteiger partial charge is 0.359 e. The number of halogens is 4. The molecule has 2 atom stereocenters. The number of H-pyrrole nitrogens is 1. The van der Waals surface area contributed by atoms with E-state index >= 15 is 0 Å². The number of aromatic nitrogens is 1. The van der Waals surface area contributed by atoms with Gasteiger partial charge in [0.15, 0.2) is 0 Å². The minimum absolute atomic E-state index is 0.0700. The first-order valence-electron chi connectivity index (χ1n) is 7.41. The van der Waals surface area contributed by atoms with Crippen LogP contribution in [0.2, 0.25) is 5.02 Å². The van der Waals surface area contributed by atoms with Gasteiger partial charge < -0.3 is 9.88 Å². The van der Waals surface area contributed by atoms with Crippen LogP contribution in [0.5, 0.6) is 0 Å². The summed E-state index contributed by atoms with van der Waals surface area (Å²) in [4.78, 5) is 15.7. The highest BCUT2D eigenvalue weighted by molar-refractivity contribution is 6.35. The number of hydrogen-bond acceptors (Lipinski definition) is 2. The van der Waals surface area contributed by atoms with Crippen molar-refractivity contribution in [3.63, 3.8) is 0 Å². The summed E-state index contributed by atoms with van der Waals surface area (Å²) in [6.45, 7) is 2.75. The Morgan fingerprint density at radius 2 is 2.04 bits per heavy atom. The number of nitrogens with zero attached hydrogens (tertiary/aromatic N) is 1. The van der Waals surface area contributed by atoms with Gasteiger partial charge in [-0.2, -0.15) is 13.2 Å². The molecule has 23 heavy (non-hydrogen) atoms. The fraction of sp³-hybridized carbons (Fsp3) is 0.438. The van der Waals surface area contributed by atoms with E-state index in [1.807, 2.05) is 6.92 Å². The molecule has 0 amide bonds. The lowest BCUT2D eigenvalue weighted by Crippen LogP contribution is -2.39. The Kier molecular flexibility index (Phi) is 3.83. The van der Waals surface area contributed by atoms with E-state index in [0.29, 0.717) is 23.0 Å². The molecule has 3 nitrogen and oxygen atoms in total. The fourth-order valence-electron chi connectivity index (χ4n) is 3.60. The average molecular weight is 345 g/mol. The maximum Gasteiger partial charge on any atom is 0.405 e. The second kappa shape index (κ2) is 5.44. The predicted molar refractivity (Wildman–Crippen MR) is 85.5 cm³/mol. The van der Waals surface area contributed by atoms with Crippen molar-refractivity contribution in [1.29, 1.82) is 0 Å². The molecule has 0 radical (unpaired) electrons. The molecule has 2 heterocycles. The molecule has 7 heteroatoms. The van der Waals surface area contributed by atoms with E-state index in [0.717, 1.165) is 5.56 Å². The molecule has 3 rings (SSSR count). The van der Waals surface area contributed by atoms with Crippen molar-refractivity contribution in [3.05, 3.63) is 39.1 Å². The number of pyridine rings is 1. The molecular weight excluding hydrogens is 329 g/mol. The van der Waals surface area contributed by atoms with Crippen LogP contribution in [0.1, 0.15) is 31.7 Å². The Balaban J connectivity index is 2.27. The quantitative estimate of drug-likeness (QED) is 0.874. The molecule has 124 valence electrons. The van der Waals surface area contributed by atoms with Crippen molar-refractivity contribution >= 4 is 28.2 Å². The van der Waals surface area contributed by atoms with Crippen LogP contribution in [0.15, 0.2) is 23.0 Å². The molecule has 0 saturated carbocycles. The third-order valence-corrected chi connectivity index (χ3v) is 4.82. The zero-order valence-electron chi connectivity index (χ0n) is 12.7. The molecule has 1 N–H and O–H groups in total. The second-order valence-electron chi connectivity index (χ2n) is 5.90. The topological polar surface area (TPSA) is 36.1 Å². The summed E-state index contributed by atoms with van der Waals surface area (Å²) in [6.07, 6.45) is -3.59. The van der Waals surface area contributed by atoms with Gasteiger partial charge in [0.1, 0.15) is 6.54 Å². The summed E-state index contributed by atoms with van der Waals surface area (Å²) in [5, 5.41) is 0.923. The summed E-state index contributed by atoms with van der Waals surface area (Å²) < 4.78 is 38.8. The molecule has 1 aromatic heterocycles. The lowest BCUT2D eigenvalue weighted by molar-refractivity contribution is -0.120. The van der Waals surface area contributed by atoms with Gasteiger partial charge in [0.05, 0.1) is 10.5 Å². The summed E-state index contributed by atoms with van der Waals surface area (Å²) in [6, 6.07) is 4.25. The third-order valence-electron chi connectivity index (χ3n) is 4.52. The van der Waals surface area contributed by atoms with E-state index < -0.39 is 12.7 Å². The number of rotatable bonds is 2. The Morgan fingerprint density at radius 3 is 2.65 bits per heavy atom. The van der Waals surface area contributed by atoms with Gasteiger partial charge >= 0.3 is 6.18 Å². The number of benzene rings is 1. The van der Waals surface area contributed by atoms with E-state index in [-0.39, 0.29) is 22.5 Å². The number of alkyl halides is 3. The zero-order valence-corrected chi connectivity index (χ0v) is 13.4. The van der Waals surface area contributed by atoms with Crippen molar-refractivity contribution < 1.29 is 13.2 Å². The Bertz CT molecular complexity index is 815. The van der Waals surface area contributed by atoms with Gasteiger partial charge in [-0.05, 0) is 31.0 Å². The van der Waals surface area contributed by atoms with Crippen molar-refractivity contribution in [2.45, 2.75) is 38.4 Å². The van der Waals surface area contributed by atoms with Gasteiger partial charge in [-0.3, -0.25) is 4.79 Å². The molecule has 1 aromatic carbocycles. The van der Waals surface area contributed by atoms with Gasteiger partial charge in [0.25, 0.3) is 0 Å². The maximum absolute atomic E-state index is 12.9. The number of anilines is 1. The number of nitrogens with one attached hydrogen (secondary N) is 1. The minimum Gasteiger partial charge on any atom is -0.359 e. The van der Waals surface area contributed by atoms with Crippen molar-refractivity contribution in [3.8, 4) is 0 Å². The molecule has 2 unspecified atom stereocenters. The zero-order chi connectivity index (χ0) is 16.9. The van der Waals surface area contributed by atoms with Gasteiger partial charge in [0.2, 0.25) is 5.56 Å². The van der Waals surface area contributed by atoms with E-state index in [1.165, 1.54) is 11.0 Å². The van der Waals surface area contributed by atoms with Gasteiger partial charge in [-0.15, -0.1) is 0 Å². The molecule has 1 aliphatic heterocycles. The summed E-state index contributed by atoms with van der Waals surface area (Å²) in [5.41, 5.74) is 1.57. The Hall–Kier alpha value is -1.69. The largest absolute Gasteiger partial charge is 0.405 e. The van der Waals surface area contributed by atoms with Crippen molar-refractivity contribution in [1.82, 2.24) is 4.98 Å². The first kappa shape index (κ1) is 16.2. The van der Waals surface area contributed by atoms with Gasteiger partial charge in [-0.25, -0.2) is 0 Å².